The summed E-state index contributed by atoms with van der Waals surface area (Å²) in [5, 5.41) is 12.7. The molecule has 3 heteroatoms. The highest BCUT2D eigenvalue weighted by Crippen LogP contribution is 2.04. The SMILES string of the molecule is CCC(O)CCCNCC1=CCCOC1. The van der Waals surface area contributed by atoms with Gasteiger partial charge < -0.3 is 15.2 Å². The maximum atomic E-state index is 9.35. The van der Waals surface area contributed by atoms with Gasteiger partial charge in [0.15, 0.2) is 0 Å². The molecule has 0 aliphatic carbocycles. The van der Waals surface area contributed by atoms with Gasteiger partial charge in [0, 0.05) is 6.54 Å². The summed E-state index contributed by atoms with van der Waals surface area (Å²) in [6.45, 7) is 5.58. The molecule has 0 saturated carbocycles. The molecular weight excluding hydrogens is 190 g/mol. The smallest absolute Gasteiger partial charge is 0.0689 e. The molecule has 0 aromatic carbocycles. The molecule has 3 nitrogen and oxygen atoms in total. The molecule has 0 radical (unpaired) electrons. The zero-order valence-corrected chi connectivity index (χ0v) is 9.67. The van der Waals surface area contributed by atoms with Crippen LogP contribution in [0.2, 0.25) is 0 Å². The highest BCUT2D eigenvalue weighted by molar-refractivity contribution is 5.06. The number of aliphatic hydroxyl groups is 1. The third-order valence-electron chi connectivity index (χ3n) is 2.70. The lowest BCUT2D eigenvalue weighted by molar-refractivity contribution is 0.148. The largest absolute Gasteiger partial charge is 0.393 e. The van der Waals surface area contributed by atoms with Crippen LogP contribution in [0.4, 0.5) is 0 Å². The van der Waals surface area contributed by atoms with E-state index in [1.807, 2.05) is 6.92 Å². The number of ether oxygens (including phenoxy) is 1. The van der Waals surface area contributed by atoms with Crippen molar-refractivity contribution in [2.24, 2.45) is 0 Å². The van der Waals surface area contributed by atoms with Crippen molar-refractivity contribution in [2.75, 3.05) is 26.3 Å². The second kappa shape index (κ2) is 7.85. The van der Waals surface area contributed by atoms with Crippen LogP contribution in [0.1, 0.15) is 32.6 Å². The first-order chi connectivity index (χ1) is 7.33. The van der Waals surface area contributed by atoms with E-state index in [0.29, 0.717) is 0 Å². The monoisotopic (exact) mass is 213 g/mol. The van der Waals surface area contributed by atoms with Gasteiger partial charge in [0.25, 0.3) is 0 Å². The number of hydrogen-bond donors (Lipinski definition) is 2. The van der Waals surface area contributed by atoms with Crippen LogP contribution in [0.25, 0.3) is 0 Å². The molecule has 0 spiro atoms. The van der Waals surface area contributed by atoms with Gasteiger partial charge in [0.2, 0.25) is 0 Å². The second-order valence-corrected chi connectivity index (χ2v) is 4.08. The van der Waals surface area contributed by atoms with Crippen molar-refractivity contribution in [1.29, 1.82) is 0 Å². The van der Waals surface area contributed by atoms with E-state index in [1.54, 1.807) is 0 Å². The Hall–Kier alpha value is -0.380. The molecule has 0 saturated heterocycles. The molecule has 1 aliphatic heterocycles. The van der Waals surface area contributed by atoms with Crippen molar-refractivity contribution in [3.63, 3.8) is 0 Å². The van der Waals surface area contributed by atoms with E-state index in [2.05, 4.69) is 11.4 Å². The van der Waals surface area contributed by atoms with E-state index in [4.69, 9.17) is 4.74 Å². The highest BCUT2D eigenvalue weighted by Gasteiger charge is 2.03. The number of hydrogen-bond acceptors (Lipinski definition) is 3. The first-order valence-electron chi connectivity index (χ1n) is 5.97. The topological polar surface area (TPSA) is 41.5 Å². The Kier molecular flexibility index (Phi) is 6.64. The Balaban J connectivity index is 1.94. The first kappa shape index (κ1) is 12.7. The van der Waals surface area contributed by atoms with Gasteiger partial charge in [-0.3, -0.25) is 0 Å². The van der Waals surface area contributed by atoms with E-state index < -0.39 is 0 Å². The zero-order valence-electron chi connectivity index (χ0n) is 9.67. The minimum atomic E-state index is -0.121. The molecule has 0 aromatic heterocycles. The summed E-state index contributed by atoms with van der Waals surface area (Å²) >= 11 is 0. The maximum Gasteiger partial charge on any atom is 0.0689 e. The fourth-order valence-electron chi connectivity index (χ4n) is 1.65. The molecule has 0 bridgehead atoms. The summed E-state index contributed by atoms with van der Waals surface area (Å²) in [4.78, 5) is 0. The Morgan fingerprint density at radius 2 is 2.47 bits per heavy atom. The summed E-state index contributed by atoms with van der Waals surface area (Å²) < 4.78 is 5.35. The minimum absolute atomic E-state index is 0.121. The zero-order chi connectivity index (χ0) is 10.9. The predicted octanol–water partition coefficient (Wildman–Crippen LogP) is 1.47. The lowest BCUT2D eigenvalue weighted by atomic mass is 10.1. The lowest BCUT2D eigenvalue weighted by Gasteiger charge is -2.14. The first-order valence-corrected chi connectivity index (χ1v) is 5.97. The average molecular weight is 213 g/mol. The second-order valence-electron chi connectivity index (χ2n) is 4.08. The summed E-state index contributed by atoms with van der Waals surface area (Å²) in [5.41, 5.74) is 1.36. The van der Waals surface area contributed by atoms with Gasteiger partial charge in [-0.25, -0.2) is 0 Å². The van der Waals surface area contributed by atoms with Crippen LogP contribution < -0.4 is 5.32 Å². The molecule has 15 heavy (non-hydrogen) atoms. The van der Waals surface area contributed by atoms with Gasteiger partial charge in [-0.15, -0.1) is 0 Å². The van der Waals surface area contributed by atoms with Crippen molar-refractivity contribution < 1.29 is 9.84 Å². The predicted molar refractivity (Wildman–Crippen MR) is 61.9 cm³/mol. The van der Waals surface area contributed by atoms with Crippen LogP contribution in [-0.2, 0) is 4.74 Å². The van der Waals surface area contributed by atoms with E-state index in [0.717, 1.165) is 52.0 Å². The summed E-state index contributed by atoms with van der Waals surface area (Å²) in [7, 11) is 0. The number of rotatable bonds is 7. The molecule has 1 rings (SSSR count). The Morgan fingerprint density at radius 3 is 3.13 bits per heavy atom. The van der Waals surface area contributed by atoms with Crippen molar-refractivity contribution >= 4 is 0 Å². The molecule has 1 atom stereocenters. The van der Waals surface area contributed by atoms with Crippen LogP contribution in [0.15, 0.2) is 11.6 Å². The summed E-state index contributed by atoms with van der Waals surface area (Å²) in [6.07, 6.45) is 5.99. The fraction of sp³-hybridized carbons (Fsp3) is 0.833. The van der Waals surface area contributed by atoms with Gasteiger partial charge in [-0.05, 0) is 37.8 Å². The van der Waals surface area contributed by atoms with Crippen molar-refractivity contribution in [3.05, 3.63) is 11.6 Å². The lowest BCUT2D eigenvalue weighted by Crippen LogP contribution is -2.23. The van der Waals surface area contributed by atoms with Gasteiger partial charge in [-0.2, -0.15) is 0 Å². The van der Waals surface area contributed by atoms with Crippen LogP contribution >= 0.6 is 0 Å². The Labute approximate surface area is 92.5 Å². The molecule has 1 aliphatic rings. The molecule has 88 valence electrons. The molecule has 0 fully saturated rings. The number of nitrogens with one attached hydrogen (secondary N) is 1. The normalized spacial score (nSPS) is 18.7. The van der Waals surface area contributed by atoms with Gasteiger partial charge in [0.1, 0.15) is 0 Å². The summed E-state index contributed by atoms with van der Waals surface area (Å²) in [5.74, 6) is 0. The van der Waals surface area contributed by atoms with Crippen molar-refractivity contribution in [1.82, 2.24) is 5.32 Å². The van der Waals surface area contributed by atoms with Gasteiger partial charge >= 0.3 is 0 Å². The van der Waals surface area contributed by atoms with Crippen LogP contribution in [-0.4, -0.2) is 37.5 Å². The van der Waals surface area contributed by atoms with Crippen LogP contribution in [0.3, 0.4) is 0 Å². The maximum absolute atomic E-state index is 9.35. The Morgan fingerprint density at radius 1 is 1.60 bits per heavy atom. The van der Waals surface area contributed by atoms with Crippen LogP contribution in [0.5, 0.6) is 0 Å². The molecule has 0 aromatic rings. The van der Waals surface area contributed by atoms with Crippen LogP contribution in [0, 0.1) is 0 Å². The van der Waals surface area contributed by atoms with E-state index in [1.165, 1.54) is 5.57 Å². The quantitative estimate of drug-likeness (QED) is 0.497. The van der Waals surface area contributed by atoms with Gasteiger partial charge in [0.05, 0.1) is 19.3 Å². The standard InChI is InChI=1S/C12H23NO2/c1-2-12(14)6-3-7-13-9-11-5-4-8-15-10-11/h5,12-14H,2-4,6-10H2,1H3. The molecule has 2 N–H and O–H groups in total. The molecule has 0 amide bonds. The third-order valence-corrected chi connectivity index (χ3v) is 2.70. The molecule has 1 unspecified atom stereocenters. The van der Waals surface area contributed by atoms with Gasteiger partial charge in [-0.1, -0.05) is 13.0 Å². The molecule has 1 heterocycles. The Bertz CT molecular complexity index is 192. The van der Waals surface area contributed by atoms with E-state index in [9.17, 15) is 5.11 Å². The highest BCUT2D eigenvalue weighted by atomic mass is 16.5. The van der Waals surface area contributed by atoms with E-state index >= 15 is 0 Å². The average Bonchev–Trinajstić information content (AvgIpc) is 2.29. The van der Waals surface area contributed by atoms with E-state index in [-0.39, 0.29) is 6.10 Å². The minimum Gasteiger partial charge on any atom is -0.393 e. The summed E-state index contributed by atoms with van der Waals surface area (Å²) in [6, 6.07) is 0. The third kappa shape index (κ3) is 5.92. The van der Waals surface area contributed by atoms with Crippen molar-refractivity contribution in [3.8, 4) is 0 Å². The molecular formula is C12H23NO2. The van der Waals surface area contributed by atoms with Crippen molar-refractivity contribution in [2.45, 2.75) is 38.7 Å². The number of aliphatic hydroxyl groups excluding tert-OH is 1. The fourth-order valence-corrected chi connectivity index (χ4v) is 1.65.